The molecule has 86 valence electrons. The van der Waals surface area contributed by atoms with Crippen molar-refractivity contribution in [2.75, 3.05) is 0 Å². The Morgan fingerprint density at radius 1 is 1.29 bits per heavy atom. The molecule has 0 radical (unpaired) electrons. The van der Waals surface area contributed by atoms with Crippen LogP contribution in [-0.4, -0.2) is 16.3 Å². The molecule has 4 nitrogen and oxygen atoms in total. The van der Waals surface area contributed by atoms with Crippen LogP contribution < -0.4 is 4.74 Å². The first-order chi connectivity index (χ1) is 8.19. The van der Waals surface area contributed by atoms with Gasteiger partial charge in [-0.15, -0.1) is 0 Å². The lowest BCUT2D eigenvalue weighted by Crippen LogP contribution is -1.92. The minimum absolute atomic E-state index is 0.455. The highest BCUT2D eigenvalue weighted by atomic mass is 79.9. The molecule has 0 bridgehead atoms. The predicted octanol–water partition coefficient (Wildman–Crippen LogP) is 3.15. The van der Waals surface area contributed by atoms with E-state index in [0.29, 0.717) is 17.2 Å². The number of nitrogens with zero attached hydrogens (tertiary/aromatic N) is 2. The predicted molar refractivity (Wildman–Crippen MR) is 66.4 cm³/mol. The lowest BCUT2D eigenvalue weighted by molar-refractivity contribution is 0.112. The lowest BCUT2D eigenvalue weighted by Gasteiger charge is -2.06. The number of hydrogen-bond acceptors (Lipinski definition) is 4. The normalized spacial score (nSPS) is 10.0. The second-order valence-electron chi connectivity index (χ2n) is 3.40. The van der Waals surface area contributed by atoms with Crippen LogP contribution in [0.2, 0.25) is 0 Å². The molecular formula is C12H9BrN2O2. The monoisotopic (exact) mass is 292 g/mol. The molecule has 0 N–H and O–H groups in total. The fourth-order valence-corrected chi connectivity index (χ4v) is 1.62. The van der Waals surface area contributed by atoms with Gasteiger partial charge in [0.25, 0.3) is 0 Å². The van der Waals surface area contributed by atoms with Gasteiger partial charge in [0.2, 0.25) is 5.88 Å². The van der Waals surface area contributed by atoms with Crippen LogP contribution in [-0.2, 0) is 0 Å². The smallest absolute Gasteiger partial charge is 0.222 e. The summed E-state index contributed by atoms with van der Waals surface area (Å²) in [7, 11) is 0. The zero-order valence-corrected chi connectivity index (χ0v) is 10.6. The highest BCUT2D eigenvalue weighted by Gasteiger charge is 2.03. The zero-order chi connectivity index (χ0) is 12.3. The Bertz CT molecular complexity index is 558. The summed E-state index contributed by atoms with van der Waals surface area (Å²) in [5.41, 5.74) is 1.36. The summed E-state index contributed by atoms with van der Waals surface area (Å²) in [6.07, 6.45) is 2.20. The van der Waals surface area contributed by atoms with E-state index in [4.69, 9.17) is 4.74 Å². The van der Waals surface area contributed by atoms with Crippen LogP contribution >= 0.6 is 15.9 Å². The Hall–Kier alpha value is -1.75. The largest absolute Gasteiger partial charge is 0.439 e. The first kappa shape index (κ1) is 11.7. The van der Waals surface area contributed by atoms with Crippen molar-refractivity contribution >= 4 is 22.2 Å². The Morgan fingerprint density at radius 2 is 2.12 bits per heavy atom. The van der Waals surface area contributed by atoms with Crippen LogP contribution in [0.5, 0.6) is 11.6 Å². The minimum Gasteiger partial charge on any atom is -0.439 e. The third-order valence-corrected chi connectivity index (χ3v) is 2.82. The highest BCUT2D eigenvalue weighted by Crippen LogP contribution is 2.24. The standard InChI is InChI=1S/C12H9BrN2O2/c1-8-4-12(15-7-14-8)17-10-2-3-11(13)9(5-10)6-16/h2-7H,1H3. The molecular weight excluding hydrogens is 284 g/mol. The Balaban J connectivity index is 2.27. The lowest BCUT2D eigenvalue weighted by atomic mass is 10.2. The van der Waals surface area contributed by atoms with Crippen LogP contribution in [0.4, 0.5) is 0 Å². The van der Waals surface area contributed by atoms with Gasteiger partial charge in [0.15, 0.2) is 6.29 Å². The van der Waals surface area contributed by atoms with Crippen LogP contribution in [0.15, 0.2) is 35.1 Å². The minimum atomic E-state index is 0.455. The van der Waals surface area contributed by atoms with E-state index in [-0.39, 0.29) is 0 Å². The van der Waals surface area contributed by atoms with Gasteiger partial charge in [-0.25, -0.2) is 9.97 Å². The molecule has 0 aliphatic rings. The SMILES string of the molecule is Cc1cc(Oc2ccc(Br)c(C=O)c2)ncn1. The number of rotatable bonds is 3. The van der Waals surface area contributed by atoms with E-state index in [1.807, 2.05) is 6.92 Å². The Morgan fingerprint density at radius 3 is 2.82 bits per heavy atom. The van der Waals surface area contributed by atoms with Gasteiger partial charge in [0, 0.05) is 21.8 Å². The van der Waals surface area contributed by atoms with Gasteiger partial charge in [-0.2, -0.15) is 0 Å². The highest BCUT2D eigenvalue weighted by molar-refractivity contribution is 9.10. The maximum atomic E-state index is 10.8. The summed E-state index contributed by atoms with van der Waals surface area (Å²) in [6.45, 7) is 1.85. The second-order valence-corrected chi connectivity index (χ2v) is 4.26. The summed E-state index contributed by atoms with van der Waals surface area (Å²) in [5.74, 6) is 1.02. The summed E-state index contributed by atoms with van der Waals surface area (Å²) < 4.78 is 6.26. The van der Waals surface area contributed by atoms with E-state index in [9.17, 15) is 4.79 Å². The summed E-state index contributed by atoms with van der Waals surface area (Å²) >= 11 is 3.28. The molecule has 1 aromatic heterocycles. The molecule has 5 heteroatoms. The van der Waals surface area contributed by atoms with Crippen molar-refractivity contribution in [2.45, 2.75) is 6.92 Å². The molecule has 0 aliphatic carbocycles. The third kappa shape index (κ3) is 2.88. The number of aryl methyl sites for hydroxylation is 1. The van der Waals surface area contributed by atoms with Gasteiger partial charge in [0.1, 0.15) is 12.1 Å². The number of aldehydes is 1. The van der Waals surface area contributed by atoms with Crippen molar-refractivity contribution < 1.29 is 9.53 Å². The average Bonchev–Trinajstić information content (AvgIpc) is 2.32. The third-order valence-electron chi connectivity index (χ3n) is 2.10. The molecule has 0 spiro atoms. The Kier molecular flexibility index (Phi) is 3.49. The van der Waals surface area contributed by atoms with Crippen molar-refractivity contribution in [3.05, 3.63) is 46.3 Å². The molecule has 1 heterocycles. The number of ether oxygens (including phenoxy) is 1. The zero-order valence-electron chi connectivity index (χ0n) is 9.05. The van der Waals surface area contributed by atoms with Crippen LogP contribution in [0, 0.1) is 6.92 Å². The van der Waals surface area contributed by atoms with Crippen molar-refractivity contribution in [3.63, 3.8) is 0 Å². The number of aromatic nitrogens is 2. The maximum absolute atomic E-state index is 10.8. The van der Waals surface area contributed by atoms with Crippen molar-refractivity contribution in [1.29, 1.82) is 0 Å². The molecule has 17 heavy (non-hydrogen) atoms. The van der Waals surface area contributed by atoms with Crippen LogP contribution in [0.1, 0.15) is 16.1 Å². The number of carbonyl (C=O) groups excluding carboxylic acids is 1. The molecule has 0 fully saturated rings. The molecule has 0 atom stereocenters. The number of halogens is 1. The molecule has 0 unspecified atom stereocenters. The van der Waals surface area contributed by atoms with E-state index < -0.39 is 0 Å². The van der Waals surface area contributed by atoms with Gasteiger partial charge >= 0.3 is 0 Å². The van der Waals surface area contributed by atoms with E-state index in [2.05, 4.69) is 25.9 Å². The Labute approximate surface area is 107 Å². The topological polar surface area (TPSA) is 52.1 Å². The summed E-state index contributed by atoms with van der Waals surface area (Å²) in [5, 5.41) is 0. The van der Waals surface area contributed by atoms with E-state index in [1.165, 1.54) is 6.33 Å². The number of hydrogen-bond donors (Lipinski definition) is 0. The van der Waals surface area contributed by atoms with Gasteiger partial charge < -0.3 is 4.74 Å². The quantitative estimate of drug-likeness (QED) is 0.816. The molecule has 0 saturated heterocycles. The first-order valence-electron chi connectivity index (χ1n) is 4.90. The molecule has 0 aliphatic heterocycles. The molecule has 1 aromatic carbocycles. The number of carbonyl (C=O) groups is 1. The second kappa shape index (κ2) is 5.05. The molecule has 0 amide bonds. The summed E-state index contributed by atoms with van der Waals surface area (Å²) in [6, 6.07) is 6.89. The van der Waals surface area contributed by atoms with E-state index in [0.717, 1.165) is 16.5 Å². The van der Waals surface area contributed by atoms with Crippen LogP contribution in [0.3, 0.4) is 0 Å². The molecule has 2 aromatic rings. The molecule has 2 rings (SSSR count). The van der Waals surface area contributed by atoms with Crippen LogP contribution in [0.25, 0.3) is 0 Å². The first-order valence-corrected chi connectivity index (χ1v) is 5.69. The van der Waals surface area contributed by atoms with Crippen molar-refractivity contribution in [3.8, 4) is 11.6 Å². The molecule has 0 saturated carbocycles. The fraction of sp³-hybridized carbons (Fsp3) is 0.0833. The van der Waals surface area contributed by atoms with Crippen molar-refractivity contribution in [1.82, 2.24) is 9.97 Å². The van der Waals surface area contributed by atoms with Gasteiger partial charge in [0.05, 0.1) is 0 Å². The average molecular weight is 293 g/mol. The van der Waals surface area contributed by atoms with E-state index >= 15 is 0 Å². The van der Waals surface area contributed by atoms with Crippen molar-refractivity contribution in [2.24, 2.45) is 0 Å². The summed E-state index contributed by atoms with van der Waals surface area (Å²) in [4.78, 5) is 18.7. The number of benzene rings is 1. The van der Waals surface area contributed by atoms with Gasteiger partial charge in [-0.1, -0.05) is 15.9 Å². The van der Waals surface area contributed by atoms with E-state index in [1.54, 1.807) is 24.3 Å². The van der Waals surface area contributed by atoms with Gasteiger partial charge in [-0.05, 0) is 25.1 Å². The maximum Gasteiger partial charge on any atom is 0.222 e. The fourth-order valence-electron chi connectivity index (χ4n) is 1.28. The van der Waals surface area contributed by atoms with Gasteiger partial charge in [-0.3, -0.25) is 4.79 Å².